The highest BCUT2D eigenvalue weighted by molar-refractivity contribution is 6.32. The van der Waals surface area contributed by atoms with Gasteiger partial charge in [-0.15, -0.1) is 0 Å². The van der Waals surface area contributed by atoms with E-state index in [0.717, 1.165) is 6.42 Å². The third-order valence-electron chi connectivity index (χ3n) is 3.11. The summed E-state index contributed by atoms with van der Waals surface area (Å²) in [6.07, 6.45) is 7.02. The number of hydrogen-bond acceptors (Lipinski definition) is 5. The lowest BCUT2D eigenvalue weighted by Gasteiger charge is -2.17. The second-order valence-electron chi connectivity index (χ2n) is 4.91. The number of anilines is 1. The molecule has 2 aromatic heterocycles. The zero-order chi connectivity index (χ0) is 18.1. The van der Waals surface area contributed by atoms with Crippen molar-refractivity contribution in [1.82, 2.24) is 19.9 Å². The molecule has 0 saturated heterocycles. The van der Waals surface area contributed by atoms with Gasteiger partial charge in [-0.05, 0) is 12.0 Å². The molecule has 3 aromatic rings. The van der Waals surface area contributed by atoms with Crippen molar-refractivity contribution in [2.75, 3.05) is 5.32 Å². The first-order chi connectivity index (χ1) is 12.1. The molecule has 0 radical (unpaired) electrons. The maximum atomic E-state index is 5.80. The van der Waals surface area contributed by atoms with Crippen molar-refractivity contribution < 1.29 is 0 Å². The Hall–Kier alpha value is -1.95. The highest BCUT2D eigenvalue weighted by atomic mass is 35.5. The van der Waals surface area contributed by atoms with Crippen molar-refractivity contribution in [1.29, 1.82) is 0 Å². The molecule has 1 N–H and O–H groups in total. The second-order valence-corrected chi connectivity index (χ2v) is 6.07. The lowest BCUT2D eigenvalue weighted by atomic mass is 10.1. The van der Waals surface area contributed by atoms with Crippen molar-refractivity contribution in [3.05, 3.63) is 76.1 Å². The van der Waals surface area contributed by atoms with Gasteiger partial charge in [0.05, 0.1) is 30.8 Å². The highest BCUT2D eigenvalue weighted by Crippen LogP contribution is 2.21. The van der Waals surface area contributed by atoms with Gasteiger partial charge in [0.15, 0.2) is 0 Å². The Morgan fingerprint density at radius 1 is 0.840 bits per heavy atom. The molecule has 1 aromatic carbocycles. The Morgan fingerprint density at radius 3 is 1.88 bits per heavy atom. The van der Waals surface area contributed by atoms with Crippen LogP contribution in [0, 0.1) is 0 Å². The average Bonchev–Trinajstić information content (AvgIpc) is 2.61. The fourth-order valence-electron chi connectivity index (χ4n) is 2.02. The van der Waals surface area contributed by atoms with E-state index < -0.39 is 0 Å². The van der Waals surface area contributed by atoms with Crippen LogP contribution in [0.4, 0.5) is 5.82 Å². The van der Waals surface area contributed by atoms with E-state index in [0.29, 0.717) is 21.3 Å². The summed E-state index contributed by atoms with van der Waals surface area (Å²) in [6.45, 7) is 2.13. The molecule has 0 bridgehead atoms. The molecule has 0 aliphatic rings. The molecule has 3 rings (SSSR count). The Labute approximate surface area is 161 Å². The van der Waals surface area contributed by atoms with E-state index >= 15 is 0 Å². The number of aromatic nitrogens is 4. The van der Waals surface area contributed by atoms with Gasteiger partial charge in [-0.2, -0.15) is 0 Å². The molecule has 130 valence electrons. The Bertz CT molecular complexity index is 769. The first-order valence-corrected chi connectivity index (χ1v) is 8.64. The molecular formula is C17H16Cl3N5. The van der Waals surface area contributed by atoms with Crippen molar-refractivity contribution in [3.8, 4) is 0 Å². The lowest BCUT2D eigenvalue weighted by Crippen LogP contribution is -2.10. The molecule has 5 nitrogen and oxygen atoms in total. The quantitative estimate of drug-likeness (QED) is 0.633. The minimum Gasteiger partial charge on any atom is -0.362 e. The third kappa shape index (κ3) is 6.82. The number of rotatable bonds is 4. The predicted octanol–water partition coefficient (Wildman–Crippen LogP) is 5.48. The summed E-state index contributed by atoms with van der Waals surface area (Å²) in [4.78, 5) is 15.5. The molecule has 1 atom stereocenters. The minimum absolute atomic E-state index is 0.226. The number of benzene rings is 1. The lowest BCUT2D eigenvalue weighted by molar-refractivity contribution is 0.743. The Kier molecular flexibility index (Phi) is 7.85. The van der Waals surface area contributed by atoms with Crippen LogP contribution in [0.1, 0.15) is 24.9 Å². The highest BCUT2D eigenvalue weighted by Gasteiger charge is 2.09. The van der Waals surface area contributed by atoms with E-state index in [1.807, 2.05) is 18.2 Å². The van der Waals surface area contributed by atoms with Crippen LogP contribution < -0.4 is 5.32 Å². The van der Waals surface area contributed by atoms with Crippen LogP contribution in [0.15, 0.2) is 55.1 Å². The molecule has 0 unspecified atom stereocenters. The van der Waals surface area contributed by atoms with Crippen LogP contribution in [0.25, 0.3) is 0 Å². The fraction of sp³-hybridized carbons (Fsp3) is 0.176. The van der Waals surface area contributed by atoms with E-state index in [-0.39, 0.29) is 6.04 Å². The smallest absolute Gasteiger partial charge is 0.149 e. The normalized spacial score (nSPS) is 11.2. The van der Waals surface area contributed by atoms with Gasteiger partial charge < -0.3 is 5.32 Å². The van der Waals surface area contributed by atoms with Crippen LogP contribution in [-0.2, 0) is 0 Å². The molecule has 25 heavy (non-hydrogen) atoms. The average molecular weight is 397 g/mol. The zero-order valence-corrected chi connectivity index (χ0v) is 15.7. The predicted molar refractivity (Wildman–Crippen MR) is 102 cm³/mol. The fourth-order valence-corrected chi connectivity index (χ4v) is 2.50. The molecule has 0 amide bonds. The van der Waals surface area contributed by atoms with Crippen molar-refractivity contribution in [3.63, 3.8) is 0 Å². The summed E-state index contributed by atoms with van der Waals surface area (Å²) < 4.78 is 0. The summed E-state index contributed by atoms with van der Waals surface area (Å²) in [7, 11) is 0. The standard InChI is InChI=1S/C13H14ClN3.C4H2Cl2N2/c1-2-11(10-6-4-3-5-7-10)16-13-9-15-8-12(14)17-13;5-3-1-7-2-4(6)8-3/h3-9,11H,2H2,1H3,(H,16,17);1-2H/t11-;/m0./s1. The number of halogens is 3. The third-order valence-corrected chi connectivity index (χ3v) is 3.66. The molecule has 0 saturated carbocycles. The first-order valence-electron chi connectivity index (χ1n) is 7.50. The molecule has 8 heteroatoms. The van der Waals surface area contributed by atoms with Gasteiger partial charge >= 0.3 is 0 Å². The summed E-state index contributed by atoms with van der Waals surface area (Å²) in [5.74, 6) is 0.702. The van der Waals surface area contributed by atoms with Crippen LogP contribution in [-0.4, -0.2) is 19.9 Å². The molecule has 2 heterocycles. The van der Waals surface area contributed by atoms with Gasteiger partial charge in [-0.25, -0.2) is 9.97 Å². The monoisotopic (exact) mass is 395 g/mol. The summed E-state index contributed by atoms with van der Waals surface area (Å²) in [5, 5.41) is 4.36. The van der Waals surface area contributed by atoms with Gasteiger partial charge in [0.2, 0.25) is 0 Å². The van der Waals surface area contributed by atoms with E-state index in [1.54, 1.807) is 6.20 Å². The van der Waals surface area contributed by atoms with E-state index in [1.165, 1.54) is 24.2 Å². The van der Waals surface area contributed by atoms with Gasteiger partial charge in [-0.1, -0.05) is 72.1 Å². The summed E-state index contributed by atoms with van der Waals surface area (Å²) >= 11 is 16.6. The van der Waals surface area contributed by atoms with E-state index in [4.69, 9.17) is 34.8 Å². The topological polar surface area (TPSA) is 63.6 Å². The number of nitrogens with one attached hydrogen (secondary N) is 1. The van der Waals surface area contributed by atoms with Gasteiger partial charge in [0.1, 0.15) is 21.3 Å². The number of nitrogens with zero attached hydrogens (tertiary/aromatic N) is 4. The Balaban J connectivity index is 0.000000236. The molecule has 0 spiro atoms. The number of hydrogen-bond donors (Lipinski definition) is 1. The minimum atomic E-state index is 0.226. The van der Waals surface area contributed by atoms with E-state index in [9.17, 15) is 0 Å². The van der Waals surface area contributed by atoms with Crippen LogP contribution >= 0.6 is 34.8 Å². The SMILES string of the molecule is CC[C@H](Nc1cncc(Cl)n1)c1ccccc1.Clc1cncc(Cl)n1. The molecule has 0 fully saturated rings. The second kappa shape index (κ2) is 10.1. The van der Waals surface area contributed by atoms with Crippen molar-refractivity contribution in [2.45, 2.75) is 19.4 Å². The van der Waals surface area contributed by atoms with Crippen molar-refractivity contribution >= 4 is 40.6 Å². The van der Waals surface area contributed by atoms with Crippen LogP contribution in [0.3, 0.4) is 0 Å². The van der Waals surface area contributed by atoms with E-state index in [2.05, 4.69) is 44.3 Å². The van der Waals surface area contributed by atoms with Crippen LogP contribution in [0.5, 0.6) is 0 Å². The zero-order valence-electron chi connectivity index (χ0n) is 13.4. The summed E-state index contributed by atoms with van der Waals surface area (Å²) in [5.41, 5.74) is 1.23. The Morgan fingerprint density at radius 2 is 1.40 bits per heavy atom. The largest absolute Gasteiger partial charge is 0.362 e. The molecule has 0 aliphatic heterocycles. The summed E-state index contributed by atoms with van der Waals surface area (Å²) in [6, 6.07) is 10.5. The van der Waals surface area contributed by atoms with Crippen molar-refractivity contribution in [2.24, 2.45) is 0 Å². The maximum absolute atomic E-state index is 5.80. The van der Waals surface area contributed by atoms with Crippen LogP contribution in [0.2, 0.25) is 15.5 Å². The molecule has 0 aliphatic carbocycles. The van der Waals surface area contributed by atoms with Gasteiger partial charge in [-0.3, -0.25) is 9.97 Å². The maximum Gasteiger partial charge on any atom is 0.149 e. The molecular weight excluding hydrogens is 381 g/mol. The van der Waals surface area contributed by atoms with Gasteiger partial charge in [0.25, 0.3) is 0 Å². The van der Waals surface area contributed by atoms with Gasteiger partial charge in [0, 0.05) is 0 Å². The first kappa shape index (κ1) is 19.4.